The van der Waals surface area contributed by atoms with Crippen molar-refractivity contribution >= 4 is 0 Å². The number of ether oxygens (including phenoxy) is 1. The third-order valence-corrected chi connectivity index (χ3v) is 4.60. The molecule has 2 unspecified atom stereocenters. The zero-order valence-electron chi connectivity index (χ0n) is 14.4. The largest absolute Gasteiger partial charge is 0.431 e. The van der Waals surface area contributed by atoms with Gasteiger partial charge in [0.15, 0.2) is 0 Å². The van der Waals surface area contributed by atoms with Crippen LogP contribution < -0.4 is 0 Å². The molecule has 1 aromatic carbocycles. The van der Waals surface area contributed by atoms with Crippen LogP contribution in [-0.2, 0) is 10.3 Å². The van der Waals surface area contributed by atoms with Crippen LogP contribution in [0, 0.1) is 0 Å². The van der Waals surface area contributed by atoms with E-state index in [4.69, 9.17) is 4.74 Å². The van der Waals surface area contributed by atoms with Gasteiger partial charge in [-0.1, -0.05) is 38.1 Å². The number of alkyl halides is 7. The van der Waals surface area contributed by atoms with Gasteiger partial charge in [0, 0.05) is 13.5 Å². The molecule has 0 fully saturated rings. The van der Waals surface area contributed by atoms with E-state index in [9.17, 15) is 30.7 Å². The first-order valence-corrected chi connectivity index (χ1v) is 7.70. The normalized spacial score (nSPS) is 17.2. The minimum absolute atomic E-state index is 0.113. The highest BCUT2D eigenvalue weighted by Gasteiger charge is 2.74. The van der Waals surface area contributed by atoms with E-state index in [-0.39, 0.29) is 11.5 Å². The van der Waals surface area contributed by atoms with Gasteiger partial charge in [-0.05, 0) is 30.4 Å². The van der Waals surface area contributed by atoms with Crippen molar-refractivity contribution in [1.29, 1.82) is 0 Å². The van der Waals surface area contributed by atoms with Crippen molar-refractivity contribution in [2.45, 2.75) is 63.2 Å². The first-order chi connectivity index (χ1) is 11.2. The number of methoxy groups -OCH3 is 1. The first-order valence-electron chi connectivity index (χ1n) is 7.70. The molecule has 0 heterocycles. The Bertz CT molecular complexity index is 565. The Morgan fingerprint density at radius 2 is 1.44 bits per heavy atom. The molecule has 0 amide bonds. The van der Waals surface area contributed by atoms with Gasteiger partial charge in [-0.2, -0.15) is 26.3 Å². The molecule has 1 aromatic rings. The SMILES string of the molecule is CCC(C)c1ccccc1C(C)(CC(F)(C(F)(F)F)C(F)(F)F)OC. The van der Waals surface area contributed by atoms with Gasteiger partial charge in [-0.25, -0.2) is 4.39 Å². The molecule has 0 spiro atoms. The summed E-state index contributed by atoms with van der Waals surface area (Å²) < 4.78 is 97.0. The molecule has 1 rings (SSSR count). The van der Waals surface area contributed by atoms with Crippen molar-refractivity contribution < 1.29 is 35.5 Å². The van der Waals surface area contributed by atoms with E-state index in [0.717, 1.165) is 14.0 Å². The van der Waals surface area contributed by atoms with E-state index < -0.39 is 30.0 Å². The number of hydrogen-bond acceptors (Lipinski definition) is 1. The van der Waals surface area contributed by atoms with Crippen LogP contribution >= 0.6 is 0 Å². The fraction of sp³-hybridized carbons (Fsp3) is 0.647. The van der Waals surface area contributed by atoms with Gasteiger partial charge >= 0.3 is 18.0 Å². The molecule has 0 aliphatic rings. The lowest BCUT2D eigenvalue weighted by Gasteiger charge is -2.39. The highest BCUT2D eigenvalue weighted by atomic mass is 19.4. The van der Waals surface area contributed by atoms with Crippen molar-refractivity contribution in [1.82, 2.24) is 0 Å². The highest BCUT2D eigenvalue weighted by molar-refractivity contribution is 5.35. The van der Waals surface area contributed by atoms with Crippen LogP contribution in [0.4, 0.5) is 30.7 Å². The third-order valence-electron chi connectivity index (χ3n) is 4.60. The van der Waals surface area contributed by atoms with E-state index >= 15 is 0 Å². The monoisotopic (exact) mass is 374 g/mol. The quantitative estimate of drug-likeness (QED) is 0.532. The molecule has 0 bridgehead atoms. The molecule has 0 aliphatic carbocycles. The third kappa shape index (κ3) is 4.10. The van der Waals surface area contributed by atoms with Crippen LogP contribution in [-0.4, -0.2) is 25.1 Å². The van der Waals surface area contributed by atoms with Crippen LogP contribution in [0.5, 0.6) is 0 Å². The van der Waals surface area contributed by atoms with Gasteiger partial charge in [0.1, 0.15) is 0 Å². The van der Waals surface area contributed by atoms with Gasteiger partial charge < -0.3 is 4.74 Å². The lowest BCUT2D eigenvalue weighted by Crippen LogP contribution is -2.56. The van der Waals surface area contributed by atoms with Crippen LogP contribution in [0.3, 0.4) is 0 Å². The van der Waals surface area contributed by atoms with Crippen molar-refractivity contribution in [2.75, 3.05) is 7.11 Å². The second-order valence-electron chi connectivity index (χ2n) is 6.30. The molecule has 144 valence electrons. The van der Waals surface area contributed by atoms with Crippen molar-refractivity contribution in [3.8, 4) is 0 Å². The minimum atomic E-state index is -6.11. The molecule has 0 N–H and O–H groups in total. The Kier molecular flexibility index (Phi) is 6.20. The Morgan fingerprint density at radius 1 is 0.960 bits per heavy atom. The van der Waals surface area contributed by atoms with Crippen molar-refractivity contribution in [3.63, 3.8) is 0 Å². The van der Waals surface area contributed by atoms with Crippen molar-refractivity contribution in [3.05, 3.63) is 35.4 Å². The number of halogens is 7. The molecule has 25 heavy (non-hydrogen) atoms. The molecule has 0 aliphatic heterocycles. The average Bonchev–Trinajstić information content (AvgIpc) is 2.51. The minimum Gasteiger partial charge on any atom is -0.374 e. The van der Waals surface area contributed by atoms with Crippen LogP contribution in [0.1, 0.15) is 50.7 Å². The molecular formula is C17H21F7O. The van der Waals surface area contributed by atoms with Crippen LogP contribution in [0.25, 0.3) is 0 Å². The molecule has 0 saturated carbocycles. The van der Waals surface area contributed by atoms with Crippen LogP contribution in [0.2, 0.25) is 0 Å². The highest BCUT2D eigenvalue weighted by Crippen LogP contribution is 2.53. The number of benzene rings is 1. The first kappa shape index (κ1) is 21.7. The zero-order valence-corrected chi connectivity index (χ0v) is 14.4. The molecule has 0 radical (unpaired) electrons. The van der Waals surface area contributed by atoms with E-state index in [1.54, 1.807) is 19.1 Å². The van der Waals surface area contributed by atoms with E-state index in [1.807, 2.05) is 6.92 Å². The summed E-state index contributed by atoms with van der Waals surface area (Å²) in [6, 6.07) is 6.07. The number of rotatable bonds is 6. The maximum atomic E-state index is 14.3. The standard InChI is InChI=1S/C17H21F7O/c1-5-11(2)12-8-6-7-9-13(12)14(3,25-4)10-15(18,16(19,20)21)17(22,23)24/h6-9,11H,5,10H2,1-4H3. The maximum absolute atomic E-state index is 14.3. The smallest absolute Gasteiger partial charge is 0.374 e. The predicted molar refractivity (Wildman–Crippen MR) is 80.1 cm³/mol. The van der Waals surface area contributed by atoms with Gasteiger partial charge in [-0.15, -0.1) is 0 Å². The second-order valence-corrected chi connectivity index (χ2v) is 6.30. The summed E-state index contributed by atoms with van der Waals surface area (Å²) in [6.07, 6.45) is -13.5. The average molecular weight is 374 g/mol. The zero-order chi connectivity index (χ0) is 19.7. The predicted octanol–water partition coefficient (Wildman–Crippen LogP) is 6.28. The summed E-state index contributed by atoms with van der Waals surface area (Å²) in [5, 5.41) is 0. The fourth-order valence-corrected chi connectivity index (χ4v) is 2.73. The Hall–Kier alpha value is -1.31. The van der Waals surface area contributed by atoms with Crippen molar-refractivity contribution in [2.24, 2.45) is 0 Å². The van der Waals surface area contributed by atoms with E-state index in [2.05, 4.69) is 0 Å². The summed E-state index contributed by atoms with van der Waals surface area (Å²) in [7, 11) is 0.973. The molecule has 2 atom stereocenters. The summed E-state index contributed by atoms with van der Waals surface area (Å²) >= 11 is 0. The van der Waals surface area contributed by atoms with Crippen LogP contribution in [0.15, 0.2) is 24.3 Å². The van der Waals surface area contributed by atoms with Gasteiger partial charge in [-0.3, -0.25) is 0 Å². The Balaban J connectivity index is 3.51. The Morgan fingerprint density at radius 3 is 1.84 bits per heavy atom. The lowest BCUT2D eigenvalue weighted by molar-refractivity contribution is -0.353. The summed E-state index contributed by atoms with van der Waals surface area (Å²) in [6.45, 7) is 4.65. The molecule has 0 saturated heterocycles. The summed E-state index contributed by atoms with van der Waals surface area (Å²) in [5.74, 6) is -0.142. The summed E-state index contributed by atoms with van der Waals surface area (Å²) in [5.41, 5.74) is -6.85. The number of hydrogen-bond donors (Lipinski definition) is 0. The second kappa shape index (κ2) is 7.13. The topological polar surface area (TPSA) is 9.23 Å². The fourth-order valence-electron chi connectivity index (χ4n) is 2.73. The van der Waals surface area contributed by atoms with Gasteiger partial charge in [0.2, 0.25) is 0 Å². The van der Waals surface area contributed by atoms with Gasteiger partial charge in [0.25, 0.3) is 0 Å². The van der Waals surface area contributed by atoms with E-state index in [0.29, 0.717) is 12.0 Å². The lowest BCUT2D eigenvalue weighted by atomic mass is 9.78. The van der Waals surface area contributed by atoms with Gasteiger partial charge in [0.05, 0.1) is 5.60 Å². The Labute approximate surface area is 142 Å². The molecule has 1 nitrogen and oxygen atoms in total. The van der Waals surface area contributed by atoms with E-state index in [1.165, 1.54) is 12.1 Å². The molecule has 0 aromatic heterocycles. The maximum Gasteiger partial charge on any atom is 0.431 e. The molecule has 8 heteroatoms. The summed E-state index contributed by atoms with van der Waals surface area (Å²) in [4.78, 5) is 0. The molecular weight excluding hydrogens is 353 g/mol.